The van der Waals surface area contributed by atoms with Gasteiger partial charge in [-0.3, -0.25) is 19.2 Å². The molecule has 1 fully saturated rings. The Bertz CT molecular complexity index is 479. The van der Waals surface area contributed by atoms with Gasteiger partial charge in [-0.15, -0.1) is 23.2 Å². The van der Waals surface area contributed by atoms with Crippen LogP contribution >= 0.6 is 23.2 Å². The molecule has 2 N–H and O–H groups in total. The first kappa shape index (κ1) is 12.7. The van der Waals surface area contributed by atoms with Crippen LogP contribution in [0.25, 0.3) is 0 Å². The summed E-state index contributed by atoms with van der Waals surface area (Å²) in [4.78, 5) is 40.3. The minimum atomic E-state index is -1.01. The largest absolute Gasteiger partial charge is 0.501 e. The van der Waals surface area contributed by atoms with Crippen molar-refractivity contribution in [3.05, 3.63) is 20.4 Å². The third kappa shape index (κ3) is 1.81. The Balaban J connectivity index is 0.000000160. The van der Waals surface area contributed by atoms with Crippen molar-refractivity contribution in [2.75, 3.05) is 0 Å². The number of aromatic hydroxyl groups is 2. The number of ketones is 2. The Hall–Kier alpha value is -1.40. The minimum Gasteiger partial charge on any atom is -0.501 e. The molecule has 0 saturated heterocycles. The molecule has 16 heavy (non-hydrogen) atoms. The summed E-state index contributed by atoms with van der Waals surface area (Å²) in [5.74, 6) is -2.77. The number of hydrogen-bond donors (Lipinski definition) is 2. The molecule has 0 radical (unpaired) electrons. The normalized spacial score (nSPS) is 23.6. The Kier molecular flexibility index (Phi) is 3.35. The molecule has 86 valence electrons. The van der Waals surface area contributed by atoms with Crippen LogP contribution in [0.1, 0.15) is 0 Å². The molecule has 1 saturated carbocycles. The highest BCUT2D eigenvalue weighted by Gasteiger charge is 2.46. The van der Waals surface area contributed by atoms with Crippen molar-refractivity contribution < 1.29 is 19.8 Å². The first-order valence-corrected chi connectivity index (χ1v) is 4.73. The molecule has 1 aromatic rings. The highest BCUT2D eigenvalue weighted by atomic mass is 35.5. The smallest absolute Gasteiger partial charge is 0.275 e. The Morgan fingerprint density at radius 1 is 0.750 bits per heavy atom. The van der Waals surface area contributed by atoms with E-state index in [1.807, 2.05) is 0 Å². The van der Waals surface area contributed by atoms with Gasteiger partial charge in [-0.25, -0.2) is 0 Å². The topological polar surface area (TPSA) is 109 Å². The summed E-state index contributed by atoms with van der Waals surface area (Å²) in [6, 6.07) is 0. The van der Waals surface area contributed by atoms with Gasteiger partial charge in [-0.05, 0) is 0 Å². The predicted molar refractivity (Wildman–Crippen MR) is 54.0 cm³/mol. The standard InChI is InChI=1S/C4H2Cl2O2.C4H2O4/c2*5-1-2(6)4(8)3(1)7/h1-2H;5-6H. The molecule has 2 atom stereocenters. The molecule has 2 rings (SSSR count). The summed E-state index contributed by atoms with van der Waals surface area (Å²) in [7, 11) is 0. The highest BCUT2D eigenvalue weighted by Crippen LogP contribution is 2.23. The lowest BCUT2D eigenvalue weighted by atomic mass is 9.95. The van der Waals surface area contributed by atoms with E-state index in [9.17, 15) is 19.2 Å². The Labute approximate surface area is 97.7 Å². The molecule has 0 heterocycles. The summed E-state index contributed by atoms with van der Waals surface area (Å²) in [6.07, 6.45) is 0. The summed E-state index contributed by atoms with van der Waals surface area (Å²) >= 11 is 10.5. The second-order valence-corrected chi connectivity index (χ2v) is 3.83. The molecule has 0 amide bonds. The van der Waals surface area contributed by atoms with Crippen LogP contribution in [0.5, 0.6) is 11.5 Å². The third-order valence-electron chi connectivity index (χ3n) is 1.86. The molecule has 1 aliphatic carbocycles. The van der Waals surface area contributed by atoms with Gasteiger partial charge in [0.05, 0.1) is 0 Å². The first-order valence-electron chi connectivity index (χ1n) is 3.86. The lowest BCUT2D eigenvalue weighted by Crippen LogP contribution is -2.50. The number of alkyl halides is 2. The van der Waals surface area contributed by atoms with Gasteiger partial charge in [0, 0.05) is 0 Å². The first-order chi connectivity index (χ1) is 7.29. The molecule has 0 aromatic heterocycles. The maximum Gasteiger partial charge on any atom is 0.275 e. The molecular formula is C8H4Cl2O6. The van der Waals surface area contributed by atoms with E-state index >= 15 is 0 Å². The van der Waals surface area contributed by atoms with Crippen molar-refractivity contribution in [1.82, 2.24) is 0 Å². The van der Waals surface area contributed by atoms with E-state index < -0.39 is 44.7 Å². The van der Waals surface area contributed by atoms with Crippen molar-refractivity contribution in [2.45, 2.75) is 10.8 Å². The van der Waals surface area contributed by atoms with Crippen LogP contribution in [0, 0.1) is 0 Å². The maximum absolute atomic E-state index is 10.2. The van der Waals surface area contributed by atoms with Crippen molar-refractivity contribution in [3.8, 4) is 11.5 Å². The van der Waals surface area contributed by atoms with E-state index in [2.05, 4.69) is 0 Å². The molecular weight excluding hydrogens is 263 g/mol. The average molecular weight is 267 g/mol. The number of halogens is 2. The zero-order valence-corrected chi connectivity index (χ0v) is 8.95. The van der Waals surface area contributed by atoms with Crippen LogP contribution in [-0.4, -0.2) is 32.5 Å². The zero-order chi connectivity index (χ0) is 12.6. The van der Waals surface area contributed by atoms with Crippen molar-refractivity contribution in [1.29, 1.82) is 0 Å². The van der Waals surface area contributed by atoms with Crippen molar-refractivity contribution in [2.24, 2.45) is 0 Å². The average Bonchev–Trinajstić information content (AvgIpc) is 2.34. The minimum absolute atomic E-state index is 0.563. The highest BCUT2D eigenvalue weighted by molar-refractivity contribution is 6.67. The van der Waals surface area contributed by atoms with Gasteiger partial charge in [-0.2, -0.15) is 0 Å². The van der Waals surface area contributed by atoms with E-state index in [1.54, 1.807) is 0 Å². The quantitative estimate of drug-likeness (QED) is 0.463. The zero-order valence-electron chi connectivity index (χ0n) is 7.44. The number of carbonyl (C=O) groups is 2. The Morgan fingerprint density at radius 2 is 1.00 bits per heavy atom. The summed E-state index contributed by atoms with van der Waals surface area (Å²) in [6.45, 7) is 0. The second-order valence-electron chi connectivity index (χ2n) is 2.89. The fourth-order valence-electron chi connectivity index (χ4n) is 0.809. The lowest BCUT2D eigenvalue weighted by Gasteiger charge is -2.21. The van der Waals surface area contributed by atoms with E-state index in [0.29, 0.717) is 0 Å². The second kappa shape index (κ2) is 4.23. The van der Waals surface area contributed by atoms with E-state index in [-0.39, 0.29) is 0 Å². The van der Waals surface area contributed by atoms with Gasteiger partial charge in [0.15, 0.2) is 0 Å². The van der Waals surface area contributed by atoms with Gasteiger partial charge in [0.2, 0.25) is 23.1 Å². The molecule has 2 unspecified atom stereocenters. The van der Waals surface area contributed by atoms with Crippen LogP contribution in [0.4, 0.5) is 0 Å². The number of carbonyl (C=O) groups excluding carboxylic acids is 2. The lowest BCUT2D eigenvalue weighted by molar-refractivity contribution is -0.141. The van der Waals surface area contributed by atoms with Crippen LogP contribution in [-0.2, 0) is 9.59 Å². The van der Waals surface area contributed by atoms with E-state index in [0.717, 1.165) is 0 Å². The van der Waals surface area contributed by atoms with Gasteiger partial charge in [-0.1, -0.05) is 0 Å². The van der Waals surface area contributed by atoms with E-state index in [4.69, 9.17) is 33.4 Å². The van der Waals surface area contributed by atoms with Crippen LogP contribution in [0.15, 0.2) is 9.59 Å². The van der Waals surface area contributed by atoms with Gasteiger partial charge >= 0.3 is 0 Å². The number of rotatable bonds is 0. The van der Waals surface area contributed by atoms with E-state index in [1.165, 1.54) is 0 Å². The summed E-state index contributed by atoms with van der Waals surface area (Å²) < 4.78 is 0. The summed E-state index contributed by atoms with van der Waals surface area (Å²) in [5.41, 5.74) is -2.02. The van der Waals surface area contributed by atoms with Crippen LogP contribution in [0.2, 0.25) is 0 Å². The molecule has 6 nitrogen and oxygen atoms in total. The number of hydrogen-bond acceptors (Lipinski definition) is 6. The molecule has 1 aromatic carbocycles. The fourth-order valence-corrected chi connectivity index (χ4v) is 1.25. The van der Waals surface area contributed by atoms with Gasteiger partial charge in [0.25, 0.3) is 10.9 Å². The molecule has 0 bridgehead atoms. The number of Topliss-reactive ketones (excluding diaryl/α,β-unsaturated/α-hetero) is 2. The van der Waals surface area contributed by atoms with Gasteiger partial charge in [0.1, 0.15) is 10.8 Å². The molecule has 0 spiro atoms. The molecule has 1 aliphatic rings. The SMILES string of the molecule is O=C1C(=O)C(Cl)C1Cl.O=c1c(O)c(O)c1=O. The van der Waals surface area contributed by atoms with Gasteiger partial charge < -0.3 is 10.2 Å². The van der Waals surface area contributed by atoms with Crippen LogP contribution in [0.3, 0.4) is 0 Å². The maximum atomic E-state index is 10.2. The fraction of sp³-hybridized carbons (Fsp3) is 0.250. The summed E-state index contributed by atoms with van der Waals surface area (Å²) in [5, 5.41) is 14.9. The van der Waals surface area contributed by atoms with Crippen molar-refractivity contribution in [3.63, 3.8) is 0 Å². The van der Waals surface area contributed by atoms with Crippen molar-refractivity contribution >= 4 is 34.8 Å². The molecule has 8 heteroatoms. The Morgan fingerprint density at radius 3 is 1.12 bits per heavy atom. The predicted octanol–water partition coefficient (Wildman–Crippen LogP) is -0.953. The monoisotopic (exact) mass is 266 g/mol. The van der Waals surface area contributed by atoms with Crippen LogP contribution < -0.4 is 10.9 Å². The molecule has 0 aliphatic heterocycles. The third-order valence-corrected chi connectivity index (χ3v) is 2.89.